The molecule has 1 saturated heterocycles. The van der Waals surface area contributed by atoms with Gasteiger partial charge in [-0.1, -0.05) is 30.3 Å². The Morgan fingerprint density at radius 3 is 2.50 bits per heavy atom. The quantitative estimate of drug-likeness (QED) is 0.930. The van der Waals surface area contributed by atoms with Gasteiger partial charge in [0.25, 0.3) is 0 Å². The summed E-state index contributed by atoms with van der Waals surface area (Å²) in [4.78, 5) is 31.3. The monoisotopic (exact) mass is 343 g/mol. The molecule has 0 atom stereocenters. The average Bonchev–Trinajstić information content (AvgIpc) is 2.96. The summed E-state index contributed by atoms with van der Waals surface area (Å²) in [7, 11) is 0. The molecule has 2 aromatic rings. The van der Waals surface area contributed by atoms with E-state index in [1.165, 1.54) is 11.3 Å². The molecule has 6 heteroatoms. The number of anilines is 1. The minimum atomic E-state index is -0.0509. The second kappa shape index (κ2) is 7.13. The lowest BCUT2D eigenvalue weighted by atomic mass is 9.96. The van der Waals surface area contributed by atoms with Gasteiger partial charge in [0.15, 0.2) is 5.13 Å². The number of carbonyl (C=O) groups is 2. The van der Waals surface area contributed by atoms with Gasteiger partial charge in [-0.25, -0.2) is 4.98 Å². The summed E-state index contributed by atoms with van der Waals surface area (Å²) >= 11 is 1.50. The molecule has 1 aromatic heterocycles. The van der Waals surface area contributed by atoms with E-state index in [2.05, 4.69) is 10.3 Å². The molecule has 0 saturated carbocycles. The summed E-state index contributed by atoms with van der Waals surface area (Å²) in [5, 5.41) is 3.60. The Morgan fingerprint density at radius 2 is 1.88 bits per heavy atom. The maximum Gasteiger partial charge on any atom is 0.229 e. The molecule has 1 aromatic carbocycles. The number of nitrogens with one attached hydrogen (secondary N) is 1. The largest absolute Gasteiger partial charge is 0.343 e. The number of hydrogen-bond donors (Lipinski definition) is 1. The lowest BCUT2D eigenvalue weighted by Crippen LogP contribution is -2.40. The van der Waals surface area contributed by atoms with Gasteiger partial charge in [0.1, 0.15) is 0 Å². The Morgan fingerprint density at radius 1 is 1.21 bits per heavy atom. The molecular formula is C18H21N3O2S. The van der Waals surface area contributed by atoms with Crippen molar-refractivity contribution >= 4 is 28.3 Å². The van der Waals surface area contributed by atoms with E-state index in [-0.39, 0.29) is 17.7 Å². The van der Waals surface area contributed by atoms with Gasteiger partial charge in [0.05, 0.1) is 5.69 Å². The number of thiazole rings is 1. The molecule has 0 aliphatic carbocycles. The predicted octanol–water partition coefficient (Wildman–Crippen LogP) is 3.32. The van der Waals surface area contributed by atoms with Crippen LogP contribution in [0.1, 0.15) is 24.6 Å². The van der Waals surface area contributed by atoms with Crippen molar-refractivity contribution in [1.82, 2.24) is 9.88 Å². The molecule has 5 nitrogen and oxygen atoms in total. The zero-order valence-corrected chi connectivity index (χ0v) is 14.7. The van der Waals surface area contributed by atoms with Crippen molar-refractivity contribution in [2.24, 2.45) is 5.92 Å². The first kappa shape index (κ1) is 16.6. The minimum Gasteiger partial charge on any atom is -0.343 e. The number of benzene rings is 1. The zero-order chi connectivity index (χ0) is 17.1. The smallest absolute Gasteiger partial charge is 0.229 e. The lowest BCUT2D eigenvalue weighted by molar-refractivity contribution is -0.132. The van der Waals surface area contributed by atoms with Crippen molar-refractivity contribution < 1.29 is 9.59 Å². The highest BCUT2D eigenvalue weighted by molar-refractivity contribution is 7.16. The molecule has 0 bridgehead atoms. The number of amides is 2. The van der Waals surface area contributed by atoms with Crippen molar-refractivity contribution in [1.29, 1.82) is 0 Å². The van der Waals surface area contributed by atoms with Crippen LogP contribution in [-0.2, 0) is 9.59 Å². The first-order chi connectivity index (χ1) is 11.5. The predicted molar refractivity (Wildman–Crippen MR) is 95.9 cm³/mol. The fourth-order valence-corrected chi connectivity index (χ4v) is 3.82. The third-order valence-electron chi connectivity index (χ3n) is 4.39. The van der Waals surface area contributed by atoms with Crippen LogP contribution in [0.15, 0.2) is 30.3 Å². The SMILES string of the molecule is CC(=O)N1CCC(C(=O)Nc2nc(-c3ccccc3)c(C)s2)CC1. The molecule has 1 N–H and O–H groups in total. The number of carbonyl (C=O) groups excluding carboxylic acids is 2. The Balaban J connectivity index is 1.65. The first-order valence-electron chi connectivity index (χ1n) is 8.14. The Labute approximate surface area is 145 Å². The van der Waals surface area contributed by atoms with E-state index in [9.17, 15) is 9.59 Å². The summed E-state index contributed by atoms with van der Waals surface area (Å²) in [6.45, 7) is 4.89. The summed E-state index contributed by atoms with van der Waals surface area (Å²) in [6.07, 6.45) is 1.42. The van der Waals surface area contributed by atoms with Crippen LogP contribution in [0.3, 0.4) is 0 Å². The third kappa shape index (κ3) is 3.64. The second-order valence-electron chi connectivity index (χ2n) is 6.06. The van der Waals surface area contributed by atoms with Crippen molar-refractivity contribution in [2.75, 3.05) is 18.4 Å². The molecule has 1 fully saturated rings. The van der Waals surface area contributed by atoms with Crippen molar-refractivity contribution in [3.05, 3.63) is 35.2 Å². The third-order valence-corrected chi connectivity index (χ3v) is 5.27. The van der Waals surface area contributed by atoms with Gasteiger partial charge in [-0.3, -0.25) is 9.59 Å². The summed E-state index contributed by atoms with van der Waals surface area (Å²) in [6, 6.07) is 9.97. The van der Waals surface area contributed by atoms with Crippen molar-refractivity contribution in [3.63, 3.8) is 0 Å². The first-order valence-corrected chi connectivity index (χ1v) is 8.95. The normalized spacial score (nSPS) is 15.3. The highest BCUT2D eigenvalue weighted by Crippen LogP contribution is 2.31. The van der Waals surface area contributed by atoms with Gasteiger partial charge < -0.3 is 10.2 Å². The van der Waals surface area contributed by atoms with Gasteiger partial charge >= 0.3 is 0 Å². The van der Waals surface area contributed by atoms with Crippen LogP contribution in [0.25, 0.3) is 11.3 Å². The molecule has 1 aliphatic heterocycles. The summed E-state index contributed by atoms with van der Waals surface area (Å²) in [5.74, 6) is 0.0356. The molecule has 2 heterocycles. The minimum absolute atomic E-state index is 0.00608. The Hall–Kier alpha value is -2.21. The van der Waals surface area contributed by atoms with Gasteiger partial charge in [0, 0.05) is 36.4 Å². The highest BCUT2D eigenvalue weighted by atomic mass is 32.1. The van der Waals surface area contributed by atoms with Gasteiger partial charge in [-0.05, 0) is 19.8 Å². The molecule has 2 amide bonds. The average molecular weight is 343 g/mol. The van der Waals surface area contributed by atoms with Gasteiger partial charge in [-0.2, -0.15) is 0 Å². The van der Waals surface area contributed by atoms with Gasteiger partial charge in [0.2, 0.25) is 11.8 Å². The summed E-state index contributed by atoms with van der Waals surface area (Å²) in [5.41, 5.74) is 1.98. The fraction of sp³-hybridized carbons (Fsp3) is 0.389. The number of rotatable bonds is 3. The van der Waals surface area contributed by atoms with Crippen molar-refractivity contribution in [2.45, 2.75) is 26.7 Å². The molecule has 126 valence electrons. The fourth-order valence-electron chi connectivity index (χ4n) is 2.98. The number of piperidine rings is 1. The Bertz CT molecular complexity index is 734. The van der Waals surface area contributed by atoms with Crippen LogP contribution >= 0.6 is 11.3 Å². The van der Waals surface area contributed by atoms with Crippen molar-refractivity contribution in [3.8, 4) is 11.3 Å². The topological polar surface area (TPSA) is 62.3 Å². The number of hydrogen-bond acceptors (Lipinski definition) is 4. The van der Waals surface area contributed by atoms with Crippen LogP contribution in [0.4, 0.5) is 5.13 Å². The molecule has 24 heavy (non-hydrogen) atoms. The van der Waals surface area contributed by atoms with E-state index in [1.54, 1.807) is 11.8 Å². The standard InChI is InChI=1S/C18H21N3O2S/c1-12-16(14-6-4-3-5-7-14)19-18(24-12)20-17(23)15-8-10-21(11-9-15)13(2)22/h3-7,15H,8-11H2,1-2H3,(H,19,20,23). The molecule has 3 rings (SSSR count). The van der Waals surface area contributed by atoms with E-state index in [0.29, 0.717) is 31.1 Å². The van der Waals surface area contributed by atoms with E-state index >= 15 is 0 Å². The maximum absolute atomic E-state index is 12.5. The number of aryl methyl sites for hydroxylation is 1. The highest BCUT2D eigenvalue weighted by Gasteiger charge is 2.26. The van der Waals surface area contributed by atoms with E-state index in [4.69, 9.17) is 0 Å². The maximum atomic E-state index is 12.5. The van der Waals surface area contributed by atoms with Gasteiger partial charge in [-0.15, -0.1) is 11.3 Å². The molecule has 0 spiro atoms. The van der Waals surface area contributed by atoms with Crippen LogP contribution in [0.2, 0.25) is 0 Å². The summed E-state index contributed by atoms with van der Waals surface area (Å²) < 4.78 is 0. The second-order valence-corrected chi connectivity index (χ2v) is 7.26. The van der Waals surface area contributed by atoms with Crippen LogP contribution < -0.4 is 5.32 Å². The molecular weight excluding hydrogens is 322 g/mol. The van der Waals surface area contributed by atoms with Crippen LogP contribution in [0, 0.1) is 12.8 Å². The number of nitrogens with zero attached hydrogens (tertiary/aromatic N) is 2. The number of aromatic nitrogens is 1. The lowest BCUT2D eigenvalue weighted by Gasteiger charge is -2.30. The molecule has 1 aliphatic rings. The van der Waals surface area contributed by atoms with Crippen LogP contribution in [-0.4, -0.2) is 34.8 Å². The van der Waals surface area contributed by atoms with E-state index in [1.807, 2.05) is 37.3 Å². The molecule has 0 radical (unpaired) electrons. The Kier molecular flexibility index (Phi) is 4.94. The van der Waals surface area contributed by atoms with E-state index < -0.39 is 0 Å². The number of likely N-dealkylation sites (tertiary alicyclic amines) is 1. The van der Waals surface area contributed by atoms with E-state index in [0.717, 1.165) is 16.1 Å². The molecule has 0 unspecified atom stereocenters. The van der Waals surface area contributed by atoms with Crippen LogP contribution in [0.5, 0.6) is 0 Å². The zero-order valence-electron chi connectivity index (χ0n) is 13.9.